The molecule has 1 unspecified atom stereocenters. The van der Waals surface area contributed by atoms with E-state index in [0.717, 1.165) is 16.2 Å². The van der Waals surface area contributed by atoms with Crippen molar-refractivity contribution >= 4 is 75.3 Å². The van der Waals surface area contributed by atoms with Crippen LogP contribution in [0.3, 0.4) is 0 Å². The minimum Gasteiger partial charge on any atom is -0.477 e. The molecule has 2 aromatic rings. The van der Waals surface area contributed by atoms with Gasteiger partial charge in [0.2, 0.25) is 5.95 Å². The van der Waals surface area contributed by atoms with Gasteiger partial charge in [0.05, 0.1) is 0 Å². The molecule has 4 rings (SSSR count). The summed E-state index contributed by atoms with van der Waals surface area (Å²) in [6, 6.07) is 0.507. The van der Waals surface area contributed by atoms with Crippen LogP contribution in [-0.2, 0) is 14.4 Å². The van der Waals surface area contributed by atoms with Crippen LogP contribution in [0.5, 0.6) is 0 Å². The number of nitrogens with one attached hydrogen (secondary N) is 1. The largest absolute Gasteiger partial charge is 0.477 e. The summed E-state index contributed by atoms with van der Waals surface area (Å²) in [5, 5.41) is 25.9. The summed E-state index contributed by atoms with van der Waals surface area (Å²) in [6.45, 7) is 0. The van der Waals surface area contributed by atoms with Crippen LogP contribution in [0.25, 0.3) is 0 Å². The number of hydrogen-bond acceptors (Lipinski definition) is 14. The van der Waals surface area contributed by atoms with E-state index in [2.05, 4.69) is 25.4 Å². The number of fused-ring (bicyclic) bond motifs is 1. The Morgan fingerprint density at radius 2 is 2.06 bits per heavy atom. The predicted molar refractivity (Wildman–Crippen MR) is 126 cm³/mol. The second kappa shape index (κ2) is 9.35. The first kappa shape index (κ1) is 23.6. The molecule has 178 valence electrons. The first-order valence-electron chi connectivity index (χ1n) is 9.36. The van der Waals surface area contributed by atoms with Crippen molar-refractivity contribution in [1.29, 1.82) is 0 Å². The predicted octanol–water partition coefficient (Wildman–Crippen LogP) is -0.611. The van der Waals surface area contributed by atoms with Gasteiger partial charge in [-0.3, -0.25) is 14.5 Å². The molecule has 0 spiro atoms. The van der Waals surface area contributed by atoms with Crippen molar-refractivity contribution in [3.63, 3.8) is 0 Å². The zero-order valence-electron chi connectivity index (χ0n) is 17.0. The molecule has 1 fully saturated rings. The Hall–Kier alpha value is -3.57. The van der Waals surface area contributed by atoms with Crippen molar-refractivity contribution < 1.29 is 24.7 Å². The Bertz CT molecular complexity index is 1230. The third-order valence-corrected chi connectivity index (χ3v) is 7.76. The standard InChI is InChI=1S/C17H17N9O5S3/c18-7-1-8(23-16(19)22-7)32-2-5-3-33-14-10(13(28)26(14)11(5)15(29)30)24-12(27)9(25-31)6-4-34-17(20)21-6/h1,4,10,14,31H,2-3H2,(H2,20,21)(H,24,27)(H,29,30)(H4,18,19,22,23)/b25-9+/t10?,14-/m1/s1. The van der Waals surface area contributed by atoms with Gasteiger partial charge in [-0.05, 0) is 5.57 Å². The molecular formula is C17H17N9O5S3. The van der Waals surface area contributed by atoms with Crippen LogP contribution in [-0.4, -0.2) is 76.6 Å². The number of thiazole rings is 1. The number of nitrogen functional groups attached to an aromatic ring is 3. The quantitative estimate of drug-likeness (QED) is 0.0664. The third-order valence-electron chi connectivity index (χ3n) is 4.75. The highest BCUT2D eigenvalue weighted by Gasteiger charge is 2.54. The zero-order valence-corrected chi connectivity index (χ0v) is 19.5. The van der Waals surface area contributed by atoms with E-state index in [4.69, 9.17) is 17.2 Å². The van der Waals surface area contributed by atoms with E-state index in [-0.39, 0.29) is 34.0 Å². The molecule has 0 bridgehead atoms. The molecule has 2 aliphatic rings. The topological polar surface area (TPSA) is 236 Å². The average molecular weight is 524 g/mol. The number of rotatable bonds is 7. The first-order valence-corrected chi connectivity index (χ1v) is 12.3. The number of hydrogen-bond donors (Lipinski definition) is 6. The van der Waals surface area contributed by atoms with Gasteiger partial charge in [0, 0.05) is 23.0 Å². The number of carbonyl (C=O) groups excluding carboxylic acids is 2. The lowest BCUT2D eigenvalue weighted by molar-refractivity contribution is -0.150. The van der Waals surface area contributed by atoms with Gasteiger partial charge in [-0.2, -0.15) is 4.98 Å². The number of nitrogens with two attached hydrogens (primary N) is 3. The third kappa shape index (κ3) is 4.44. The molecule has 2 aliphatic heterocycles. The Morgan fingerprint density at radius 3 is 2.68 bits per heavy atom. The van der Waals surface area contributed by atoms with Gasteiger partial charge in [-0.15, -0.1) is 34.9 Å². The number of carboxylic acid groups (broad SMARTS) is 1. The van der Waals surface area contributed by atoms with Crippen LogP contribution < -0.4 is 22.5 Å². The summed E-state index contributed by atoms with van der Waals surface area (Å²) in [5.74, 6) is -2.00. The maximum Gasteiger partial charge on any atom is 0.352 e. The van der Waals surface area contributed by atoms with Gasteiger partial charge >= 0.3 is 5.97 Å². The maximum absolute atomic E-state index is 12.8. The van der Waals surface area contributed by atoms with E-state index in [1.54, 1.807) is 0 Å². The number of β-lactam (4-membered cyclic amide) rings is 1. The highest BCUT2D eigenvalue weighted by Crippen LogP contribution is 2.41. The van der Waals surface area contributed by atoms with Gasteiger partial charge in [-0.1, -0.05) is 5.16 Å². The molecule has 17 heteroatoms. The van der Waals surface area contributed by atoms with Crippen LogP contribution in [0.4, 0.5) is 16.9 Å². The monoisotopic (exact) mass is 523 g/mol. The fourth-order valence-electron chi connectivity index (χ4n) is 3.31. The second-order valence-corrected chi connectivity index (χ2v) is 9.91. The van der Waals surface area contributed by atoms with Crippen molar-refractivity contribution in [1.82, 2.24) is 25.2 Å². The van der Waals surface area contributed by atoms with E-state index in [1.165, 1.54) is 35.0 Å². The minimum atomic E-state index is -1.27. The number of amides is 2. The van der Waals surface area contributed by atoms with Crippen molar-refractivity contribution in [2.45, 2.75) is 16.4 Å². The summed E-state index contributed by atoms with van der Waals surface area (Å²) in [4.78, 5) is 50.2. The molecule has 0 aromatic carbocycles. The van der Waals surface area contributed by atoms with Crippen molar-refractivity contribution in [2.24, 2.45) is 5.16 Å². The fourth-order valence-corrected chi connectivity index (χ4v) is 6.26. The van der Waals surface area contributed by atoms with E-state index in [0.29, 0.717) is 16.4 Å². The Morgan fingerprint density at radius 1 is 1.29 bits per heavy atom. The first-order chi connectivity index (χ1) is 16.2. The number of nitrogens with zero attached hydrogens (tertiary/aromatic N) is 5. The summed E-state index contributed by atoms with van der Waals surface area (Å²) in [6.07, 6.45) is 0. The van der Waals surface area contributed by atoms with Gasteiger partial charge in [0.25, 0.3) is 11.8 Å². The molecule has 14 nitrogen and oxygen atoms in total. The van der Waals surface area contributed by atoms with Crippen LogP contribution in [0.15, 0.2) is 32.9 Å². The highest BCUT2D eigenvalue weighted by atomic mass is 32.2. The number of aliphatic carboxylic acids is 1. The molecule has 2 atom stereocenters. The normalized spacial score (nSPS) is 20.1. The van der Waals surface area contributed by atoms with Crippen LogP contribution in [0, 0.1) is 0 Å². The van der Waals surface area contributed by atoms with Crippen LogP contribution >= 0.6 is 34.9 Å². The summed E-state index contributed by atoms with van der Waals surface area (Å²) in [7, 11) is 0. The number of carboxylic acids is 1. The number of aromatic nitrogens is 3. The van der Waals surface area contributed by atoms with E-state index in [1.807, 2.05) is 0 Å². The molecule has 0 radical (unpaired) electrons. The molecule has 9 N–H and O–H groups in total. The molecule has 4 heterocycles. The molecule has 0 saturated carbocycles. The number of thioether (sulfide) groups is 2. The Labute approximate surface area is 203 Å². The number of anilines is 3. The smallest absolute Gasteiger partial charge is 0.352 e. The van der Waals surface area contributed by atoms with Crippen LogP contribution in [0.2, 0.25) is 0 Å². The molecule has 1 saturated heterocycles. The zero-order chi connectivity index (χ0) is 24.6. The lowest BCUT2D eigenvalue weighted by Gasteiger charge is -2.49. The van der Waals surface area contributed by atoms with Gasteiger partial charge < -0.3 is 32.8 Å². The average Bonchev–Trinajstić information content (AvgIpc) is 3.20. The highest BCUT2D eigenvalue weighted by molar-refractivity contribution is 8.01. The second-order valence-electron chi connectivity index (χ2n) is 6.92. The Kier molecular flexibility index (Phi) is 6.49. The van der Waals surface area contributed by atoms with Gasteiger partial charge in [-0.25, -0.2) is 14.8 Å². The molecule has 2 amide bonds. The molecule has 0 aliphatic carbocycles. The fraction of sp³-hybridized carbons (Fsp3) is 0.235. The Balaban J connectivity index is 1.48. The summed E-state index contributed by atoms with van der Waals surface area (Å²) >= 11 is 3.56. The maximum atomic E-state index is 12.8. The lowest BCUT2D eigenvalue weighted by atomic mass is 10.0. The van der Waals surface area contributed by atoms with Gasteiger partial charge in [0.15, 0.2) is 10.8 Å². The molecule has 2 aromatic heterocycles. The van der Waals surface area contributed by atoms with Crippen molar-refractivity contribution in [2.75, 3.05) is 28.7 Å². The van der Waals surface area contributed by atoms with E-state index >= 15 is 0 Å². The molecular weight excluding hydrogens is 506 g/mol. The van der Waals surface area contributed by atoms with Crippen molar-refractivity contribution in [3.05, 3.63) is 28.4 Å². The van der Waals surface area contributed by atoms with Crippen molar-refractivity contribution in [3.8, 4) is 0 Å². The van der Waals surface area contributed by atoms with Gasteiger partial charge in [0.1, 0.15) is 33.7 Å². The summed E-state index contributed by atoms with van der Waals surface area (Å²) < 4.78 is 0. The minimum absolute atomic E-state index is 0.00403. The number of oxime groups is 1. The van der Waals surface area contributed by atoms with Crippen LogP contribution in [0.1, 0.15) is 5.69 Å². The van der Waals surface area contributed by atoms with E-state index < -0.39 is 34.9 Å². The molecule has 34 heavy (non-hydrogen) atoms. The SMILES string of the molecule is Nc1cc(SCC2=C(C(=O)O)N3C(=O)C(NC(=O)/C(=N/O)c4csc(N)n4)[C@H]3SC2)nc(N)n1. The number of carbonyl (C=O) groups is 3. The summed E-state index contributed by atoms with van der Waals surface area (Å²) in [5.41, 5.74) is 16.8. The van der Waals surface area contributed by atoms with E-state index in [9.17, 15) is 24.7 Å². The lowest BCUT2D eigenvalue weighted by Crippen LogP contribution is -2.71.